The van der Waals surface area contributed by atoms with Crippen molar-refractivity contribution in [2.24, 2.45) is 5.41 Å². The Morgan fingerprint density at radius 3 is 2.26 bits per heavy atom. The third-order valence-corrected chi connectivity index (χ3v) is 7.87. The molecule has 0 saturated carbocycles. The third kappa shape index (κ3) is 6.88. The van der Waals surface area contributed by atoms with E-state index in [2.05, 4.69) is 26.3 Å². The highest BCUT2D eigenvalue weighted by atomic mass is 35.5. The minimum Gasteiger partial charge on any atom is -0.495 e. The number of methoxy groups -OCH3 is 2. The Kier molecular flexibility index (Phi) is 9.85. The molecule has 0 bridgehead atoms. The van der Waals surface area contributed by atoms with Gasteiger partial charge in [-0.15, -0.1) is 0 Å². The van der Waals surface area contributed by atoms with Crippen molar-refractivity contribution in [1.82, 2.24) is 24.3 Å². The van der Waals surface area contributed by atoms with Crippen molar-refractivity contribution in [2.75, 3.05) is 59.3 Å². The molecule has 4 rings (SSSR count). The van der Waals surface area contributed by atoms with E-state index in [1.807, 2.05) is 20.8 Å². The van der Waals surface area contributed by atoms with Crippen LogP contribution in [0.4, 0.5) is 5.95 Å². The highest BCUT2D eigenvalue weighted by Crippen LogP contribution is 2.45. The van der Waals surface area contributed by atoms with Gasteiger partial charge in [0.05, 0.1) is 29.8 Å². The highest BCUT2D eigenvalue weighted by molar-refractivity contribution is 6.41. The van der Waals surface area contributed by atoms with Crippen molar-refractivity contribution in [3.63, 3.8) is 0 Å². The predicted octanol–water partition coefficient (Wildman–Crippen LogP) is 4.46. The molecule has 3 aromatic rings. The number of ether oxygens (including phenoxy) is 2. The molecule has 1 aromatic carbocycles. The number of halogens is 2. The molecule has 0 aliphatic carbocycles. The number of amides is 1. The van der Waals surface area contributed by atoms with Crippen LogP contribution in [-0.2, 0) is 11.3 Å². The molecule has 0 atom stereocenters. The zero-order valence-electron chi connectivity index (χ0n) is 25.1. The maximum atomic E-state index is 14.1. The Labute approximate surface area is 260 Å². The van der Waals surface area contributed by atoms with Gasteiger partial charge in [0, 0.05) is 69.5 Å². The number of hydrogen-bond donors (Lipinski definition) is 1. The van der Waals surface area contributed by atoms with E-state index in [-0.39, 0.29) is 38.1 Å². The number of carbonyl (C=O) groups is 1. The second-order valence-electron chi connectivity index (χ2n) is 11.2. The van der Waals surface area contributed by atoms with Gasteiger partial charge in [0.15, 0.2) is 0 Å². The lowest BCUT2D eigenvalue weighted by atomic mass is 9.93. The standard InChI is InChI=1S/C30H35Cl2N7O4/c1-30(2,3)15-19(16-33)27(40)38-10-7-37(8-11-38)9-12-39-26-18(17-35-29(34-4)36-26)13-20(28(39)41)23-24(31)21(42-5)14-22(43-6)25(23)32/h13-15,17H,7-12H2,1-6H3,(H,34,35,36)/b19-15+. The summed E-state index contributed by atoms with van der Waals surface area (Å²) >= 11 is 13.4. The summed E-state index contributed by atoms with van der Waals surface area (Å²) in [6, 6.07) is 5.29. The van der Waals surface area contributed by atoms with E-state index >= 15 is 0 Å². The summed E-state index contributed by atoms with van der Waals surface area (Å²) in [5, 5.41) is 13.5. The van der Waals surface area contributed by atoms with E-state index in [1.165, 1.54) is 14.2 Å². The first-order valence-electron chi connectivity index (χ1n) is 13.8. The number of nitrogens with zero attached hydrogens (tertiary/aromatic N) is 6. The Hall–Kier alpha value is -3.85. The predicted molar refractivity (Wildman–Crippen MR) is 168 cm³/mol. The lowest BCUT2D eigenvalue weighted by molar-refractivity contribution is -0.128. The maximum Gasteiger partial charge on any atom is 0.264 e. The molecule has 2 aromatic heterocycles. The first-order valence-corrected chi connectivity index (χ1v) is 14.5. The van der Waals surface area contributed by atoms with Crippen LogP contribution in [0.25, 0.3) is 22.2 Å². The molecule has 228 valence electrons. The van der Waals surface area contributed by atoms with Gasteiger partial charge >= 0.3 is 0 Å². The summed E-state index contributed by atoms with van der Waals surface area (Å²) in [6.45, 7) is 8.80. The fourth-order valence-electron chi connectivity index (χ4n) is 4.95. The Morgan fingerprint density at radius 2 is 1.72 bits per heavy atom. The molecule has 1 N–H and O–H groups in total. The van der Waals surface area contributed by atoms with Crippen LogP contribution in [0.15, 0.2) is 34.8 Å². The van der Waals surface area contributed by atoms with Crippen LogP contribution in [0.3, 0.4) is 0 Å². The van der Waals surface area contributed by atoms with Gasteiger partial charge in [0.25, 0.3) is 11.5 Å². The SMILES string of the molecule is CNc1ncc2cc(-c3c(Cl)c(OC)cc(OC)c3Cl)c(=O)n(CCN3CCN(C(=O)/C(C#N)=C/C(C)(C)C)CC3)c2n1. The van der Waals surface area contributed by atoms with Crippen LogP contribution < -0.4 is 20.3 Å². The number of fused-ring (bicyclic) bond motifs is 1. The normalized spacial score (nSPS) is 14.5. The second-order valence-corrected chi connectivity index (χ2v) is 11.9. The van der Waals surface area contributed by atoms with Gasteiger partial charge in [0.1, 0.15) is 28.8 Å². The van der Waals surface area contributed by atoms with Crippen molar-refractivity contribution < 1.29 is 14.3 Å². The molecule has 3 heterocycles. The van der Waals surface area contributed by atoms with Crippen molar-refractivity contribution >= 4 is 46.1 Å². The molecule has 13 heteroatoms. The van der Waals surface area contributed by atoms with E-state index in [0.29, 0.717) is 73.3 Å². The average Bonchev–Trinajstić information content (AvgIpc) is 2.99. The second kappa shape index (κ2) is 13.2. The Morgan fingerprint density at radius 1 is 1.09 bits per heavy atom. The molecule has 0 unspecified atom stereocenters. The number of nitrogens with one attached hydrogen (secondary N) is 1. The number of pyridine rings is 1. The molecule has 1 amide bonds. The minimum absolute atomic E-state index is 0.155. The number of anilines is 1. The van der Waals surface area contributed by atoms with Crippen LogP contribution in [0, 0.1) is 16.7 Å². The number of benzene rings is 1. The van der Waals surface area contributed by atoms with Crippen LogP contribution in [-0.4, -0.2) is 84.2 Å². The molecule has 1 aliphatic rings. The number of allylic oxidation sites excluding steroid dienone is 1. The van der Waals surface area contributed by atoms with Gasteiger partial charge < -0.3 is 19.7 Å². The summed E-state index contributed by atoms with van der Waals surface area (Å²) in [4.78, 5) is 39.9. The Bertz CT molecular complexity index is 1640. The quantitative estimate of drug-likeness (QED) is 0.284. The molecular formula is C30H35Cl2N7O4. The van der Waals surface area contributed by atoms with E-state index in [9.17, 15) is 14.9 Å². The van der Waals surface area contributed by atoms with E-state index in [0.717, 1.165) is 0 Å². The molecule has 1 aliphatic heterocycles. The largest absolute Gasteiger partial charge is 0.495 e. The fraction of sp³-hybridized carbons (Fsp3) is 0.433. The third-order valence-electron chi connectivity index (χ3n) is 7.12. The highest BCUT2D eigenvalue weighted by Gasteiger charge is 2.26. The van der Waals surface area contributed by atoms with Crippen molar-refractivity contribution in [1.29, 1.82) is 5.26 Å². The van der Waals surface area contributed by atoms with Gasteiger partial charge in [-0.1, -0.05) is 50.0 Å². The number of carbonyl (C=O) groups excluding carboxylic acids is 1. The Balaban J connectivity index is 1.66. The van der Waals surface area contributed by atoms with Crippen LogP contribution in [0.5, 0.6) is 11.5 Å². The van der Waals surface area contributed by atoms with E-state index < -0.39 is 0 Å². The van der Waals surface area contributed by atoms with Crippen LogP contribution in [0.1, 0.15) is 20.8 Å². The van der Waals surface area contributed by atoms with Crippen molar-refractivity contribution in [3.8, 4) is 28.7 Å². The summed E-state index contributed by atoms with van der Waals surface area (Å²) in [6.07, 6.45) is 3.35. The number of hydrogen-bond acceptors (Lipinski definition) is 9. The first kappa shape index (κ1) is 32.1. The lowest BCUT2D eigenvalue weighted by Crippen LogP contribution is -2.50. The summed E-state index contributed by atoms with van der Waals surface area (Å²) in [5.74, 6) is 0.743. The van der Waals surface area contributed by atoms with Gasteiger partial charge in [-0.2, -0.15) is 10.2 Å². The van der Waals surface area contributed by atoms with E-state index in [1.54, 1.807) is 40.9 Å². The summed E-state index contributed by atoms with van der Waals surface area (Å²) in [5.41, 5.74) is 0.533. The van der Waals surface area contributed by atoms with Crippen molar-refractivity contribution in [2.45, 2.75) is 27.3 Å². The monoisotopic (exact) mass is 627 g/mol. The number of piperazine rings is 1. The van der Waals surface area contributed by atoms with Crippen LogP contribution >= 0.6 is 23.2 Å². The minimum atomic E-state index is -0.341. The van der Waals surface area contributed by atoms with E-state index in [4.69, 9.17) is 32.7 Å². The molecule has 0 spiro atoms. The van der Waals surface area contributed by atoms with Gasteiger partial charge in [-0.3, -0.25) is 19.1 Å². The van der Waals surface area contributed by atoms with Crippen molar-refractivity contribution in [3.05, 3.63) is 50.4 Å². The van der Waals surface area contributed by atoms with Gasteiger partial charge in [0.2, 0.25) is 5.95 Å². The number of nitriles is 1. The molecule has 1 saturated heterocycles. The van der Waals surface area contributed by atoms with Gasteiger partial charge in [-0.25, -0.2) is 4.98 Å². The zero-order chi connectivity index (χ0) is 31.5. The molecule has 1 fully saturated rings. The maximum absolute atomic E-state index is 14.1. The number of aromatic nitrogens is 3. The fourth-order valence-corrected chi connectivity index (χ4v) is 5.65. The zero-order valence-corrected chi connectivity index (χ0v) is 26.6. The molecular weight excluding hydrogens is 593 g/mol. The van der Waals surface area contributed by atoms with Crippen LogP contribution in [0.2, 0.25) is 10.0 Å². The molecule has 11 nitrogen and oxygen atoms in total. The van der Waals surface area contributed by atoms with Gasteiger partial charge in [-0.05, 0) is 11.5 Å². The number of rotatable bonds is 8. The first-order chi connectivity index (χ1) is 20.4. The average molecular weight is 629 g/mol. The summed E-state index contributed by atoms with van der Waals surface area (Å²) < 4.78 is 12.4. The lowest BCUT2D eigenvalue weighted by Gasteiger charge is -2.35. The molecule has 43 heavy (non-hydrogen) atoms. The smallest absolute Gasteiger partial charge is 0.264 e. The molecule has 0 radical (unpaired) electrons. The topological polar surface area (TPSA) is 126 Å². The summed E-state index contributed by atoms with van der Waals surface area (Å²) in [7, 11) is 4.65.